The van der Waals surface area contributed by atoms with E-state index in [9.17, 15) is 10.1 Å². The van der Waals surface area contributed by atoms with Crippen LogP contribution < -0.4 is 9.47 Å². The Hall–Kier alpha value is -4.30. The van der Waals surface area contributed by atoms with Gasteiger partial charge in [-0.15, -0.1) is 0 Å². The third-order valence-corrected chi connectivity index (χ3v) is 5.16. The molecule has 0 N–H and O–H groups in total. The lowest BCUT2D eigenvalue weighted by Crippen LogP contribution is -1.93. The van der Waals surface area contributed by atoms with Gasteiger partial charge in [0.2, 0.25) is 6.79 Å². The van der Waals surface area contributed by atoms with E-state index in [0.717, 1.165) is 34.0 Å². The van der Waals surface area contributed by atoms with Gasteiger partial charge in [0.1, 0.15) is 0 Å². The predicted molar refractivity (Wildman–Crippen MR) is 115 cm³/mol. The van der Waals surface area contributed by atoms with Crippen molar-refractivity contribution in [1.82, 2.24) is 4.57 Å². The number of benzene rings is 3. The number of carbonyl (C=O) groups excluding carboxylic acids is 1. The Morgan fingerprint density at radius 1 is 1.00 bits per heavy atom. The summed E-state index contributed by atoms with van der Waals surface area (Å²) in [5, 5.41) is 10.6. The molecular formula is C25H16N2O3. The Balaban J connectivity index is 1.49. The second kappa shape index (κ2) is 7.26. The van der Waals surface area contributed by atoms with Crippen LogP contribution in [0.3, 0.4) is 0 Å². The summed E-state index contributed by atoms with van der Waals surface area (Å²) in [7, 11) is 0. The number of rotatable bonds is 4. The van der Waals surface area contributed by atoms with Crippen molar-refractivity contribution in [3.63, 3.8) is 0 Å². The minimum Gasteiger partial charge on any atom is -0.454 e. The number of para-hydroxylation sites is 1. The molecule has 0 atom stereocenters. The maximum absolute atomic E-state index is 11.4. The molecule has 0 aliphatic carbocycles. The molecule has 0 amide bonds. The van der Waals surface area contributed by atoms with Crippen LogP contribution in [0.1, 0.15) is 21.5 Å². The summed E-state index contributed by atoms with van der Waals surface area (Å²) in [5.74, 6) is 1.34. The Labute approximate surface area is 173 Å². The largest absolute Gasteiger partial charge is 0.454 e. The maximum atomic E-state index is 11.4. The zero-order valence-corrected chi connectivity index (χ0v) is 15.9. The smallest absolute Gasteiger partial charge is 0.231 e. The quantitative estimate of drug-likeness (QED) is 0.271. The second-order valence-corrected chi connectivity index (χ2v) is 6.92. The van der Waals surface area contributed by atoms with Gasteiger partial charge in [0, 0.05) is 22.8 Å². The van der Waals surface area contributed by atoms with Crippen molar-refractivity contribution in [2.45, 2.75) is 0 Å². The van der Waals surface area contributed by atoms with Crippen LogP contribution in [0, 0.1) is 11.3 Å². The van der Waals surface area contributed by atoms with E-state index in [1.807, 2.05) is 83.6 Å². The van der Waals surface area contributed by atoms with Gasteiger partial charge < -0.3 is 14.0 Å². The lowest BCUT2D eigenvalue weighted by Gasteiger charge is -2.06. The normalized spacial score (nSPS) is 12.7. The summed E-state index contributed by atoms with van der Waals surface area (Å²) in [4.78, 5) is 11.4. The number of allylic oxidation sites excluding steroid dienone is 1. The standard InChI is InChI=1S/C25H16N2O3/c26-13-19(18-7-10-24-25(12-18)30-16-29-24)11-17-5-8-21(9-6-17)27-14-20(15-28)22-3-1-2-4-23(22)27/h1-12,14-15H,16H2/b19-11-. The number of ether oxygens (including phenoxy) is 2. The number of fused-ring (bicyclic) bond motifs is 2. The summed E-state index contributed by atoms with van der Waals surface area (Å²) < 4.78 is 12.7. The van der Waals surface area contributed by atoms with Gasteiger partial charge in [-0.1, -0.05) is 30.3 Å². The number of hydrogen-bond acceptors (Lipinski definition) is 4. The molecule has 0 unspecified atom stereocenters. The van der Waals surface area contributed by atoms with Crippen LogP contribution >= 0.6 is 0 Å². The molecule has 0 radical (unpaired) electrons. The first kappa shape index (κ1) is 17.8. The first-order valence-corrected chi connectivity index (χ1v) is 9.44. The van der Waals surface area contributed by atoms with E-state index in [2.05, 4.69) is 6.07 Å². The van der Waals surface area contributed by atoms with Gasteiger partial charge in [0.05, 0.1) is 17.2 Å². The molecule has 0 fully saturated rings. The molecule has 5 heteroatoms. The molecule has 1 aliphatic heterocycles. The van der Waals surface area contributed by atoms with E-state index in [1.165, 1.54) is 0 Å². The highest BCUT2D eigenvalue weighted by molar-refractivity contribution is 5.98. The molecule has 5 nitrogen and oxygen atoms in total. The minimum absolute atomic E-state index is 0.200. The first-order valence-electron chi connectivity index (χ1n) is 9.44. The summed E-state index contributed by atoms with van der Waals surface area (Å²) in [6.07, 6.45) is 4.56. The van der Waals surface area contributed by atoms with Crippen molar-refractivity contribution in [2.24, 2.45) is 0 Å². The lowest BCUT2D eigenvalue weighted by atomic mass is 10.0. The number of nitriles is 1. The average molecular weight is 392 g/mol. The van der Waals surface area contributed by atoms with Crippen molar-refractivity contribution >= 4 is 28.8 Å². The fourth-order valence-corrected chi connectivity index (χ4v) is 3.66. The molecule has 144 valence electrons. The van der Waals surface area contributed by atoms with Gasteiger partial charge in [-0.05, 0) is 53.6 Å². The molecule has 1 aromatic heterocycles. The summed E-state index contributed by atoms with van der Waals surface area (Å²) in [6.45, 7) is 0.200. The van der Waals surface area contributed by atoms with Crippen LogP contribution in [0.25, 0.3) is 28.2 Å². The van der Waals surface area contributed by atoms with Crippen molar-refractivity contribution in [3.8, 4) is 23.3 Å². The van der Waals surface area contributed by atoms with Crippen LogP contribution in [0.2, 0.25) is 0 Å². The third-order valence-electron chi connectivity index (χ3n) is 5.16. The van der Waals surface area contributed by atoms with E-state index >= 15 is 0 Å². The van der Waals surface area contributed by atoms with Crippen molar-refractivity contribution in [3.05, 3.63) is 89.6 Å². The van der Waals surface area contributed by atoms with Crippen LogP contribution in [0.4, 0.5) is 0 Å². The Morgan fingerprint density at radius 2 is 1.80 bits per heavy atom. The Morgan fingerprint density at radius 3 is 2.60 bits per heavy atom. The van der Waals surface area contributed by atoms with Crippen LogP contribution in [0.15, 0.2) is 72.9 Å². The van der Waals surface area contributed by atoms with Gasteiger partial charge >= 0.3 is 0 Å². The Kier molecular flexibility index (Phi) is 4.30. The highest BCUT2D eigenvalue weighted by Gasteiger charge is 2.15. The molecule has 0 saturated heterocycles. The molecular weight excluding hydrogens is 376 g/mol. The number of nitrogens with zero attached hydrogens (tertiary/aromatic N) is 2. The molecule has 1 aliphatic rings. The van der Waals surface area contributed by atoms with Gasteiger partial charge in [-0.3, -0.25) is 4.79 Å². The summed E-state index contributed by atoms with van der Waals surface area (Å²) in [5.41, 5.74) is 4.79. The molecule has 0 saturated carbocycles. The van der Waals surface area contributed by atoms with E-state index in [1.54, 1.807) is 0 Å². The van der Waals surface area contributed by atoms with Gasteiger partial charge in [-0.2, -0.15) is 5.26 Å². The summed E-state index contributed by atoms with van der Waals surface area (Å²) >= 11 is 0. The maximum Gasteiger partial charge on any atom is 0.231 e. The fourth-order valence-electron chi connectivity index (χ4n) is 3.66. The SMILES string of the molecule is N#C/C(=C/c1ccc(-n2cc(C=O)c3ccccc32)cc1)c1ccc2c(c1)OCO2. The number of carbonyl (C=O) groups is 1. The van der Waals surface area contributed by atoms with Crippen LogP contribution in [-0.4, -0.2) is 17.6 Å². The molecule has 2 heterocycles. The molecule has 3 aromatic carbocycles. The van der Waals surface area contributed by atoms with E-state index in [-0.39, 0.29) is 6.79 Å². The third kappa shape index (κ3) is 3.01. The molecule has 0 spiro atoms. The van der Waals surface area contributed by atoms with E-state index in [0.29, 0.717) is 22.6 Å². The van der Waals surface area contributed by atoms with Gasteiger partial charge in [0.25, 0.3) is 0 Å². The van der Waals surface area contributed by atoms with Gasteiger partial charge in [0.15, 0.2) is 17.8 Å². The van der Waals surface area contributed by atoms with Crippen LogP contribution in [0.5, 0.6) is 11.5 Å². The number of aldehydes is 1. The second-order valence-electron chi connectivity index (χ2n) is 6.92. The van der Waals surface area contributed by atoms with E-state index < -0.39 is 0 Å². The van der Waals surface area contributed by atoms with Crippen molar-refractivity contribution < 1.29 is 14.3 Å². The molecule has 30 heavy (non-hydrogen) atoms. The van der Waals surface area contributed by atoms with Crippen LogP contribution in [-0.2, 0) is 0 Å². The van der Waals surface area contributed by atoms with Gasteiger partial charge in [-0.25, -0.2) is 0 Å². The minimum atomic E-state index is 0.200. The summed E-state index contributed by atoms with van der Waals surface area (Å²) in [6, 6.07) is 23.4. The highest BCUT2D eigenvalue weighted by Crippen LogP contribution is 2.34. The molecule has 5 rings (SSSR count). The monoisotopic (exact) mass is 392 g/mol. The van der Waals surface area contributed by atoms with E-state index in [4.69, 9.17) is 9.47 Å². The molecule has 4 aromatic rings. The Bertz CT molecular complexity index is 1340. The predicted octanol–water partition coefficient (Wildman–Crippen LogP) is 5.24. The molecule has 0 bridgehead atoms. The fraction of sp³-hybridized carbons (Fsp3) is 0.0400. The number of hydrogen-bond donors (Lipinski definition) is 0. The first-order chi connectivity index (χ1) is 14.8. The van der Waals surface area contributed by atoms with Crippen molar-refractivity contribution in [2.75, 3.05) is 6.79 Å². The van der Waals surface area contributed by atoms with Crippen molar-refractivity contribution in [1.29, 1.82) is 5.26 Å². The zero-order chi connectivity index (χ0) is 20.5. The number of aromatic nitrogens is 1. The average Bonchev–Trinajstić information content (AvgIpc) is 3.42. The highest BCUT2D eigenvalue weighted by atomic mass is 16.7. The lowest BCUT2D eigenvalue weighted by molar-refractivity contribution is 0.112. The zero-order valence-electron chi connectivity index (χ0n) is 15.9. The topological polar surface area (TPSA) is 64.2 Å².